The molecule has 2 rings (SSSR count). The van der Waals surface area contributed by atoms with Crippen LogP contribution < -0.4 is 0 Å². The second-order valence-corrected chi connectivity index (χ2v) is 7.90. The minimum absolute atomic E-state index is 0.0452. The Morgan fingerprint density at radius 2 is 1.72 bits per heavy atom. The number of sulfonamides is 1. The van der Waals surface area contributed by atoms with E-state index < -0.39 is 10.0 Å². The van der Waals surface area contributed by atoms with Crippen LogP contribution in [0, 0.1) is 0 Å². The summed E-state index contributed by atoms with van der Waals surface area (Å²) in [6.45, 7) is 2.69. The van der Waals surface area contributed by atoms with Crippen molar-refractivity contribution >= 4 is 21.9 Å². The average molecular weight is 368 g/mol. The molecule has 0 atom stereocenters. The fourth-order valence-electron chi connectivity index (χ4n) is 2.60. The highest BCUT2D eigenvalue weighted by molar-refractivity contribution is 7.88. The largest absolute Gasteiger partial charge is 0.456 e. The van der Waals surface area contributed by atoms with Crippen LogP contribution in [0.25, 0.3) is 0 Å². The molecule has 1 fully saturated rings. The maximum Gasteiger partial charge on any atom is 0.306 e. The number of nitrogens with zero attached hydrogens (tertiary/aromatic N) is 2. The van der Waals surface area contributed by atoms with E-state index in [4.69, 9.17) is 4.74 Å². The monoisotopic (exact) mass is 368 g/mol. The molecular formula is C17H24N2O5S. The minimum atomic E-state index is -3.41. The van der Waals surface area contributed by atoms with Crippen LogP contribution in [0.2, 0.25) is 0 Å². The summed E-state index contributed by atoms with van der Waals surface area (Å²) in [5.74, 6) is -0.722. The molecule has 0 radical (unpaired) electrons. The summed E-state index contributed by atoms with van der Waals surface area (Å²) < 4.78 is 31.3. The van der Waals surface area contributed by atoms with Gasteiger partial charge in [0, 0.05) is 32.6 Å². The maximum absolute atomic E-state index is 12.5. The van der Waals surface area contributed by atoms with E-state index in [0.29, 0.717) is 25.9 Å². The van der Waals surface area contributed by atoms with Crippen LogP contribution in [0.1, 0.15) is 25.3 Å². The molecule has 0 saturated carbocycles. The molecule has 25 heavy (non-hydrogen) atoms. The molecule has 0 N–H and O–H groups in total. The molecule has 1 saturated heterocycles. The fourth-order valence-corrected chi connectivity index (χ4v) is 4.12. The van der Waals surface area contributed by atoms with Gasteiger partial charge in [0.25, 0.3) is 5.91 Å². The van der Waals surface area contributed by atoms with E-state index in [1.165, 1.54) is 9.21 Å². The predicted octanol–water partition coefficient (Wildman–Crippen LogP) is 1.00. The summed E-state index contributed by atoms with van der Waals surface area (Å²) in [5.41, 5.74) is 0.740. The van der Waals surface area contributed by atoms with E-state index in [1.807, 2.05) is 13.0 Å². The van der Waals surface area contributed by atoms with Gasteiger partial charge in [0.2, 0.25) is 10.0 Å². The van der Waals surface area contributed by atoms with E-state index in [9.17, 15) is 18.0 Å². The summed E-state index contributed by atoms with van der Waals surface area (Å²) >= 11 is 0. The number of esters is 1. The van der Waals surface area contributed by atoms with E-state index in [2.05, 4.69) is 0 Å². The average Bonchev–Trinajstić information content (AvgIpc) is 2.60. The number of hydrogen-bond donors (Lipinski definition) is 0. The first kappa shape index (κ1) is 19.4. The first-order valence-electron chi connectivity index (χ1n) is 8.37. The molecule has 8 heteroatoms. The molecular weight excluding hydrogens is 344 g/mol. The molecule has 1 amide bonds. The Hall–Kier alpha value is -1.93. The van der Waals surface area contributed by atoms with Crippen molar-refractivity contribution in [2.24, 2.45) is 0 Å². The SMILES string of the molecule is CCCC(=O)OCC(=O)N1CCN(S(=O)(=O)Cc2ccccc2)CC1. The number of amides is 1. The van der Waals surface area contributed by atoms with Gasteiger partial charge >= 0.3 is 5.97 Å². The van der Waals surface area contributed by atoms with Crippen molar-refractivity contribution in [1.29, 1.82) is 0 Å². The van der Waals surface area contributed by atoms with E-state index in [0.717, 1.165) is 5.56 Å². The number of benzene rings is 1. The number of ether oxygens (including phenoxy) is 1. The second kappa shape index (κ2) is 8.96. The van der Waals surface area contributed by atoms with Gasteiger partial charge in [0.05, 0.1) is 5.75 Å². The zero-order valence-electron chi connectivity index (χ0n) is 14.4. The maximum atomic E-state index is 12.5. The molecule has 7 nitrogen and oxygen atoms in total. The van der Waals surface area contributed by atoms with Gasteiger partial charge in [-0.15, -0.1) is 0 Å². The lowest BCUT2D eigenvalue weighted by Gasteiger charge is -2.33. The van der Waals surface area contributed by atoms with E-state index >= 15 is 0 Å². The van der Waals surface area contributed by atoms with Crippen LogP contribution in [0.4, 0.5) is 0 Å². The smallest absolute Gasteiger partial charge is 0.306 e. The second-order valence-electron chi connectivity index (χ2n) is 5.93. The Morgan fingerprint density at radius 3 is 2.32 bits per heavy atom. The predicted molar refractivity (Wildman–Crippen MR) is 93.1 cm³/mol. The lowest BCUT2D eigenvalue weighted by Crippen LogP contribution is -2.51. The van der Waals surface area contributed by atoms with Gasteiger partial charge < -0.3 is 9.64 Å². The van der Waals surface area contributed by atoms with Gasteiger partial charge in [-0.1, -0.05) is 37.3 Å². The number of carbonyl (C=O) groups is 2. The van der Waals surface area contributed by atoms with Crippen molar-refractivity contribution in [2.75, 3.05) is 32.8 Å². The number of hydrogen-bond acceptors (Lipinski definition) is 5. The third-order valence-electron chi connectivity index (χ3n) is 3.99. The summed E-state index contributed by atoms with van der Waals surface area (Å²) in [7, 11) is -3.41. The first-order chi connectivity index (χ1) is 11.9. The van der Waals surface area contributed by atoms with Crippen LogP contribution in [-0.4, -0.2) is 62.3 Å². The third-order valence-corrected chi connectivity index (χ3v) is 5.84. The topological polar surface area (TPSA) is 84.0 Å². The molecule has 0 aliphatic carbocycles. The molecule has 0 spiro atoms. The standard InChI is InChI=1S/C17H24N2O5S/c1-2-6-17(21)24-13-16(20)18-9-11-19(12-10-18)25(22,23)14-15-7-4-3-5-8-15/h3-5,7-8H,2,6,9-14H2,1H3. The summed E-state index contributed by atoms with van der Waals surface area (Å²) in [6, 6.07) is 9.01. The van der Waals surface area contributed by atoms with Crippen molar-refractivity contribution in [3.8, 4) is 0 Å². The number of rotatable bonds is 7. The molecule has 1 aliphatic heterocycles. The van der Waals surface area contributed by atoms with Gasteiger partial charge in [-0.25, -0.2) is 8.42 Å². The van der Waals surface area contributed by atoms with Crippen molar-refractivity contribution in [2.45, 2.75) is 25.5 Å². The van der Waals surface area contributed by atoms with Crippen LogP contribution >= 0.6 is 0 Å². The van der Waals surface area contributed by atoms with Crippen LogP contribution in [0.15, 0.2) is 30.3 Å². The first-order valence-corrected chi connectivity index (χ1v) is 9.98. The highest BCUT2D eigenvalue weighted by Crippen LogP contribution is 2.13. The molecule has 1 aromatic rings. The summed E-state index contributed by atoms with van der Waals surface area (Å²) in [6.07, 6.45) is 0.962. The molecule has 0 aromatic heterocycles. The Bertz CT molecular complexity index is 682. The van der Waals surface area contributed by atoms with Crippen molar-refractivity contribution in [1.82, 2.24) is 9.21 Å². The van der Waals surface area contributed by atoms with Crippen LogP contribution in [0.5, 0.6) is 0 Å². The Kier molecular flexibility index (Phi) is 6.95. The Balaban J connectivity index is 1.82. The summed E-state index contributed by atoms with van der Waals surface area (Å²) in [5, 5.41) is 0. The van der Waals surface area contributed by atoms with Crippen LogP contribution in [0.3, 0.4) is 0 Å². The third kappa shape index (κ3) is 5.82. The normalized spacial score (nSPS) is 15.8. The zero-order chi connectivity index (χ0) is 18.3. The fraction of sp³-hybridized carbons (Fsp3) is 0.529. The van der Waals surface area contributed by atoms with Gasteiger partial charge in [-0.3, -0.25) is 9.59 Å². The Labute approximate surface area is 148 Å². The number of piperazine rings is 1. The van der Waals surface area contributed by atoms with E-state index in [-0.39, 0.29) is 37.3 Å². The van der Waals surface area contributed by atoms with Gasteiger partial charge in [-0.2, -0.15) is 4.31 Å². The van der Waals surface area contributed by atoms with Crippen molar-refractivity contribution < 1.29 is 22.7 Å². The lowest BCUT2D eigenvalue weighted by molar-refractivity contribution is -0.152. The van der Waals surface area contributed by atoms with Crippen molar-refractivity contribution in [3.63, 3.8) is 0 Å². The number of carbonyl (C=O) groups excluding carboxylic acids is 2. The van der Waals surface area contributed by atoms with Gasteiger partial charge in [0.15, 0.2) is 6.61 Å². The van der Waals surface area contributed by atoms with Crippen LogP contribution in [-0.2, 0) is 30.1 Å². The minimum Gasteiger partial charge on any atom is -0.456 e. The summed E-state index contributed by atoms with van der Waals surface area (Å²) in [4.78, 5) is 24.9. The molecule has 138 valence electrons. The van der Waals surface area contributed by atoms with Crippen molar-refractivity contribution in [3.05, 3.63) is 35.9 Å². The molecule has 1 heterocycles. The zero-order valence-corrected chi connectivity index (χ0v) is 15.2. The van der Waals surface area contributed by atoms with Gasteiger partial charge in [0.1, 0.15) is 0 Å². The molecule has 1 aromatic carbocycles. The molecule has 0 bridgehead atoms. The highest BCUT2D eigenvalue weighted by atomic mass is 32.2. The Morgan fingerprint density at radius 1 is 1.08 bits per heavy atom. The molecule has 0 unspecified atom stereocenters. The molecule has 1 aliphatic rings. The lowest BCUT2D eigenvalue weighted by atomic mass is 10.2. The van der Waals surface area contributed by atoms with Gasteiger partial charge in [-0.05, 0) is 12.0 Å². The highest BCUT2D eigenvalue weighted by Gasteiger charge is 2.29. The van der Waals surface area contributed by atoms with E-state index in [1.54, 1.807) is 24.3 Å². The quantitative estimate of drug-likeness (QED) is 0.671.